The van der Waals surface area contributed by atoms with Gasteiger partial charge in [0.05, 0.1) is 12.6 Å². The number of carbonyl (C=O) groups excluding carboxylic acids is 1. The SMILES string of the molecule is Cc1ccc(OCC[C@@H](N)C(N)=O)c(C)c1. The molecular formula is C12H18N2O2. The van der Waals surface area contributed by atoms with E-state index in [1.54, 1.807) is 0 Å². The normalized spacial score (nSPS) is 12.2. The smallest absolute Gasteiger partial charge is 0.234 e. The van der Waals surface area contributed by atoms with Crippen LogP contribution in [0.3, 0.4) is 0 Å². The summed E-state index contributed by atoms with van der Waals surface area (Å²) in [5.41, 5.74) is 12.8. The van der Waals surface area contributed by atoms with Crippen molar-refractivity contribution in [3.63, 3.8) is 0 Å². The molecule has 0 saturated heterocycles. The monoisotopic (exact) mass is 222 g/mol. The standard InChI is InChI=1S/C12H18N2O2/c1-8-3-4-11(9(2)7-8)16-6-5-10(13)12(14)15/h3-4,7,10H,5-6,13H2,1-2H3,(H2,14,15)/t10-/m1/s1. The first-order valence-corrected chi connectivity index (χ1v) is 5.25. The van der Waals surface area contributed by atoms with Crippen LogP contribution in [0.25, 0.3) is 0 Å². The summed E-state index contributed by atoms with van der Waals surface area (Å²) >= 11 is 0. The number of primary amides is 1. The molecule has 0 aliphatic carbocycles. The quantitative estimate of drug-likeness (QED) is 0.776. The van der Waals surface area contributed by atoms with E-state index >= 15 is 0 Å². The molecule has 1 rings (SSSR count). The van der Waals surface area contributed by atoms with Crippen LogP contribution in [0.1, 0.15) is 17.5 Å². The van der Waals surface area contributed by atoms with Crippen LogP contribution in [0.2, 0.25) is 0 Å². The Kier molecular flexibility index (Phi) is 4.31. The number of aryl methyl sites for hydroxylation is 2. The third-order valence-electron chi connectivity index (χ3n) is 2.38. The van der Waals surface area contributed by atoms with Crippen LogP contribution in [0.15, 0.2) is 18.2 Å². The van der Waals surface area contributed by atoms with Crippen LogP contribution in [-0.2, 0) is 4.79 Å². The topological polar surface area (TPSA) is 78.3 Å². The van der Waals surface area contributed by atoms with Crippen LogP contribution >= 0.6 is 0 Å². The van der Waals surface area contributed by atoms with Gasteiger partial charge in [-0.25, -0.2) is 0 Å². The third kappa shape index (κ3) is 3.55. The van der Waals surface area contributed by atoms with Crippen molar-refractivity contribution in [3.8, 4) is 5.75 Å². The molecule has 0 saturated carbocycles. The van der Waals surface area contributed by atoms with Crippen molar-refractivity contribution in [2.45, 2.75) is 26.3 Å². The largest absolute Gasteiger partial charge is 0.493 e. The molecular weight excluding hydrogens is 204 g/mol. The molecule has 0 aromatic heterocycles. The maximum absolute atomic E-state index is 10.7. The second-order valence-corrected chi connectivity index (χ2v) is 3.91. The van der Waals surface area contributed by atoms with Crippen molar-refractivity contribution >= 4 is 5.91 Å². The average molecular weight is 222 g/mol. The number of ether oxygens (including phenoxy) is 1. The zero-order valence-corrected chi connectivity index (χ0v) is 9.69. The molecule has 4 nitrogen and oxygen atoms in total. The molecule has 4 heteroatoms. The summed E-state index contributed by atoms with van der Waals surface area (Å²) in [5.74, 6) is 0.325. The molecule has 0 heterocycles. The van der Waals surface area contributed by atoms with Crippen LogP contribution in [0.5, 0.6) is 5.75 Å². The van der Waals surface area contributed by atoms with Gasteiger partial charge in [0.25, 0.3) is 0 Å². The van der Waals surface area contributed by atoms with Gasteiger partial charge in [-0.05, 0) is 25.5 Å². The van der Waals surface area contributed by atoms with E-state index in [9.17, 15) is 4.79 Å². The molecule has 0 bridgehead atoms. The lowest BCUT2D eigenvalue weighted by molar-refractivity contribution is -0.119. The molecule has 0 aliphatic heterocycles. The van der Waals surface area contributed by atoms with Crippen molar-refractivity contribution in [2.24, 2.45) is 11.5 Å². The van der Waals surface area contributed by atoms with Gasteiger partial charge in [-0.2, -0.15) is 0 Å². The lowest BCUT2D eigenvalue weighted by Crippen LogP contribution is -2.37. The summed E-state index contributed by atoms with van der Waals surface area (Å²) < 4.78 is 5.52. The van der Waals surface area contributed by atoms with Gasteiger partial charge in [-0.1, -0.05) is 17.7 Å². The second kappa shape index (κ2) is 5.51. The minimum atomic E-state index is -0.634. The van der Waals surface area contributed by atoms with Crippen molar-refractivity contribution in [1.82, 2.24) is 0 Å². The van der Waals surface area contributed by atoms with Gasteiger partial charge in [-0.15, -0.1) is 0 Å². The Morgan fingerprint density at radius 1 is 1.44 bits per heavy atom. The van der Waals surface area contributed by atoms with E-state index in [4.69, 9.17) is 16.2 Å². The van der Waals surface area contributed by atoms with E-state index < -0.39 is 11.9 Å². The molecule has 1 aromatic rings. The van der Waals surface area contributed by atoms with Crippen molar-refractivity contribution in [1.29, 1.82) is 0 Å². The molecule has 1 atom stereocenters. The van der Waals surface area contributed by atoms with E-state index in [1.165, 1.54) is 5.56 Å². The van der Waals surface area contributed by atoms with Gasteiger partial charge in [0.15, 0.2) is 0 Å². The molecule has 0 aliphatic rings. The number of nitrogens with two attached hydrogens (primary N) is 2. The van der Waals surface area contributed by atoms with Crippen LogP contribution in [0, 0.1) is 13.8 Å². The van der Waals surface area contributed by atoms with Crippen LogP contribution in [0.4, 0.5) is 0 Å². The Bertz CT molecular complexity index is 377. The Labute approximate surface area is 95.6 Å². The molecule has 0 fully saturated rings. The zero-order chi connectivity index (χ0) is 12.1. The number of rotatable bonds is 5. The molecule has 88 valence electrons. The minimum Gasteiger partial charge on any atom is -0.493 e. The number of hydrogen-bond acceptors (Lipinski definition) is 3. The van der Waals surface area contributed by atoms with Crippen molar-refractivity contribution < 1.29 is 9.53 Å². The number of benzene rings is 1. The first kappa shape index (κ1) is 12.5. The van der Waals surface area contributed by atoms with Gasteiger partial charge in [0.1, 0.15) is 5.75 Å². The maximum Gasteiger partial charge on any atom is 0.234 e. The fraction of sp³-hybridized carbons (Fsp3) is 0.417. The third-order valence-corrected chi connectivity index (χ3v) is 2.38. The van der Waals surface area contributed by atoms with E-state index in [2.05, 4.69) is 0 Å². The summed E-state index contributed by atoms with van der Waals surface area (Å²) in [5, 5.41) is 0. The summed E-state index contributed by atoms with van der Waals surface area (Å²) in [6.07, 6.45) is 0.433. The van der Waals surface area contributed by atoms with Crippen LogP contribution < -0.4 is 16.2 Å². The van der Waals surface area contributed by atoms with E-state index in [1.807, 2.05) is 32.0 Å². The number of hydrogen-bond donors (Lipinski definition) is 2. The fourth-order valence-electron chi connectivity index (χ4n) is 1.40. The lowest BCUT2D eigenvalue weighted by Gasteiger charge is -2.11. The van der Waals surface area contributed by atoms with E-state index in [0.717, 1.165) is 11.3 Å². The highest BCUT2D eigenvalue weighted by Crippen LogP contribution is 2.18. The number of carbonyl (C=O) groups is 1. The summed E-state index contributed by atoms with van der Waals surface area (Å²) in [4.78, 5) is 10.7. The first-order chi connectivity index (χ1) is 7.50. The molecule has 1 amide bonds. The van der Waals surface area contributed by atoms with Crippen molar-refractivity contribution in [2.75, 3.05) is 6.61 Å². The van der Waals surface area contributed by atoms with E-state index in [0.29, 0.717) is 13.0 Å². The zero-order valence-electron chi connectivity index (χ0n) is 9.69. The Balaban J connectivity index is 2.46. The Morgan fingerprint density at radius 3 is 2.69 bits per heavy atom. The van der Waals surface area contributed by atoms with Gasteiger partial charge >= 0.3 is 0 Å². The predicted molar refractivity (Wildman–Crippen MR) is 63.2 cm³/mol. The molecule has 0 spiro atoms. The first-order valence-electron chi connectivity index (χ1n) is 5.25. The summed E-state index contributed by atoms with van der Waals surface area (Å²) in [6, 6.07) is 5.31. The second-order valence-electron chi connectivity index (χ2n) is 3.91. The fourth-order valence-corrected chi connectivity index (χ4v) is 1.40. The van der Waals surface area contributed by atoms with Crippen LogP contribution in [-0.4, -0.2) is 18.6 Å². The van der Waals surface area contributed by atoms with Gasteiger partial charge < -0.3 is 16.2 Å². The Morgan fingerprint density at radius 2 is 2.12 bits per heavy atom. The lowest BCUT2D eigenvalue weighted by atomic mass is 10.1. The number of amides is 1. The van der Waals surface area contributed by atoms with Gasteiger partial charge in [-0.3, -0.25) is 4.79 Å². The highest BCUT2D eigenvalue weighted by molar-refractivity contribution is 5.79. The minimum absolute atomic E-state index is 0.397. The molecule has 0 radical (unpaired) electrons. The summed E-state index contributed by atoms with van der Waals surface area (Å²) in [7, 11) is 0. The molecule has 0 unspecified atom stereocenters. The molecule has 1 aromatic carbocycles. The summed E-state index contributed by atoms with van der Waals surface area (Å²) in [6.45, 7) is 4.41. The van der Waals surface area contributed by atoms with Crippen molar-refractivity contribution in [3.05, 3.63) is 29.3 Å². The molecule has 4 N–H and O–H groups in total. The Hall–Kier alpha value is -1.55. The maximum atomic E-state index is 10.7. The highest BCUT2D eigenvalue weighted by Gasteiger charge is 2.09. The highest BCUT2D eigenvalue weighted by atomic mass is 16.5. The van der Waals surface area contributed by atoms with Gasteiger partial charge in [0, 0.05) is 6.42 Å². The van der Waals surface area contributed by atoms with Gasteiger partial charge in [0.2, 0.25) is 5.91 Å². The van der Waals surface area contributed by atoms with E-state index in [-0.39, 0.29) is 0 Å². The molecule has 16 heavy (non-hydrogen) atoms. The predicted octanol–water partition coefficient (Wildman–Crippen LogP) is 0.885. The average Bonchev–Trinajstić information content (AvgIpc) is 2.20.